The third kappa shape index (κ3) is 6.23. The lowest BCUT2D eigenvalue weighted by Crippen LogP contribution is -2.45. The molecule has 0 amide bonds. The second-order valence-electron chi connectivity index (χ2n) is 8.46. The lowest BCUT2D eigenvalue weighted by Gasteiger charge is -2.43. The second kappa shape index (κ2) is 9.77. The average Bonchev–Trinajstić information content (AvgIpc) is 2.60. The number of aliphatic carboxylic acids is 1. The van der Waals surface area contributed by atoms with Crippen LogP contribution in [0.2, 0.25) is 0 Å². The molecule has 0 heterocycles. The van der Waals surface area contributed by atoms with Crippen molar-refractivity contribution in [2.24, 2.45) is 11.8 Å². The molecule has 3 atom stereocenters. The van der Waals surface area contributed by atoms with Crippen LogP contribution in [-0.4, -0.2) is 35.1 Å². The van der Waals surface area contributed by atoms with E-state index in [9.17, 15) is 23.1 Å². The predicted octanol–water partition coefficient (Wildman–Crippen LogP) is 5.80. The van der Waals surface area contributed by atoms with Crippen molar-refractivity contribution in [2.45, 2.75) is 71.0 Å². The summed E-state index contributed by atoms with van der Waals surface area (Å²) in [4.78, 5) is 13.7. The van der Waals surface area contributed by atoms with E-state index in [1.165, 1.54) is 0 Å². The molecule has 28 heavy (non-hydrogen) atoms. The van der Waals surface area contributed by atoms with E-state index < -0.39 is 17.7 Å². The number of carboxylic acid groups (broad SMARTS) is 1. The highest BCUT2D eigenvalue weighted by atomic mass is 19.4. The molecule has 0 radical (unpaired) electrons. The molecule has 3 nitrogen and oxygen atoms in total. The fourth-order valence-corrected chi connectivity index (χ4v) is 4.54. The Bertz CT molecular complexity index is 628. The van der Waals surface area contributed by atoms with Gasteiger partial charge in [-0.2, -0.15) is 13.2 Å². The monoisotopic (exact) mass is 399 g/mol. The smallest absolute Gasteiger partial charge is 0.416 e. The van der Waals surface area contributed by atoms with E-state index in [0.29, 0.717) is 12.3 Å². The van der Waals surface area contributed by atoms with E-state index in [1.54, 1.807) is 12.1 Å². The molecule has 0 spiro atoms. The number of carboxylic acids is 1. The van der Waals surface area contributed by atoms with Crippen LogP contribution in [-0.2, 0) is 11.0 Å². The van der Waals surface area contributed by atoms with Crippen LogP contribution < -0.4 is 0 Å². The quantitative estimate of drug-likeness (QED) is 0.600. The second-order valence-corrected chi connectivity index (χ2v) is 8.46. The van der Waals surface area contributed by atoms with E-state index >= 15 is 0 Å². The van der Waals surface area contributed by atoms with Gasteiger partial charge in [0.05, 0.1) is 5.56 Å². The Hall–Kier alpha value is -1.56. The first-order valence-electron chi connectivity index (χ1n) is 10.2. The van der Waals surface area contributed by atoms with Crippen LogP contribution in [0.5, 0.6) is 0 Å². The van der Waals surface area contributed by atoms with Crippen LogP contribution >= 0.6 is 0 Å². The Labute approximate surface area is 165 Å². The van der Waals surface area contributed by atoms with Gasteiger partial charge in [-0.15, -0.1) is 0 Å². The Morgan fingerprint density at radius 1 is 1.21 bits per heavy atom. The van der Waals surface area contributed by atoms with Gasteiger partial charge in [-0.25, -0.2) is 0 Å². The molecular formula is C22H32F3NO2. The molecule has 1 N–H and O–H groups in total. The molecule has 0 bridgehead atoms. The Kier molecular flexibility index (Phi) is 7.93. The lowest BCUT2D eigenvalue weighted by atomic mass is 9.72. The van der Waals surface area contributed by atoms with Crippen LogP contribution in [0.3, 0.4) is 0 Å². The maximum Gasteiger partial charge on any atom is 0.416 e. The van der Waals surface area contributed by atoms with Gasteiger partial charge in [0.15, 0.2) is 0 Å². The molecule has 2 rings (SSSR count). The molecule has 3 unspecified atom stereocenters. The first-order chi connectivity index (χ1) is 13.1. The molecule has 158 valence electrons. The number of carbonyl (C=O) groups is 1. The predicted molar refractivity (Wildman–Crippen MR) is 104 cm³/mol. The van der Waals surface area contributed by atoms with Gasteiger partial charge in [-0.1, -0.05) is 32.9 Å². The molecule has 1 fully saturated rings. The van der Waals surface area contributed by atoms with Crippen LogP contribution in [0.25, 0.3) is 0 Å². The standard InChI is InChI=1S/C22H32F3NO2/c1-4-11-26(14-15(2)3)20-10-5-16(13-21(27)28)12-19(20)17-6-8-18(9-7-17)22(23,24)25/h6-9,15-16,19-20H,4-5,10-14H2,1-3H3,(H,27,28). The van der Waals surface area contributed by atoms with Crippen molar-refractivity contribution >= 4 is 5.97 Å². The number of nitrogens with zero attached hydrogens (tertiary/aromatic N) is 1. The van der Waals surface area contributed by atoms with Gasteiger partial charge >= 0.3 is 12.1 Å². The molecule has 1 aliphatic rings. The lowest BCUT2D eigenvalue weighted by molar-refractivity contribution is -0.139. The van der Waals surface area contributed by atoms with Gasteiger partial charge in [-0.05, 0) is 67.7 Å². The van der Waals surface area contributed by atoms with Crippen LogP contribution in [0.15, 0.2) is 24.3 Å². The highest BCUT2D eigenvalue weighted by molar-refractivity contribution is 5.67. The summed E-state index contributed by atoms with van der Waals surface area (Å²) < 4.78 is 38.8. The molecular weight excluding hydrogens is 367 g/mol. The highest BCUT2D eigenvalue weighted by Crippen LogP contribution is 2.41. The maximum atomic E-state index is 12.9. The van der Waals surface area contributed by atoms with Crippen LogP contribution in [0.1, 0.15) is 69.9 Å². The Balaban J connectivity index is 2.30. The first-order valence-corrected chi connectivity index (χ1v) is 10.2. The van der Waals surface area contributed by atoms with E-state index in [-0.39, 0.29) is 24.3 Å². The summed E-state index contributed by atoms with van der Waals surface area (Å²) in [6.45, 7) is 8.37. The van der Waals surface area contributed by atoms with Crippen molar-refractivity contribution in [1.82, 2.24) is 4.90 Å². The summed E-state index contributed by atoms with van der Waals surface area (Å²) in [7, 11) is 0. The van der Waals surface area contributed by atoms with Crippen molar-refractivity contribution in [2.75, 3.05) is 13.1 Å². The number of halogens is 3. The summed E-state index contributed by atoms with van der Waals surface area (Å²) >= 11 is 0. The summed E-state index contributed by atoms with van der Waals surface area (Å²) in [5.41, 5.74) is 0.247. The zero-order valence-electron chi connectivity index (χ0n) is 17.0. The number of hydrogen-bond donors (Lipinski definition) is 1. The summed E-state index contributed by atoms with van der Waals surface area (Å²) in [5.74, 6) is -0.173. The number of rotatable bonds is 8. The zero-order chi connectivity index (χ0) is 20.9. The van der Waals surface area contributed by atoms with Crippen molar-refractivity contribution in [3.8, 4) is 0 Å². The third-order valence-corrected chi connectivity index (χ3v) is 5.63. The Morgan fingerprint density at radius 2 is 1.86 bits per heavy atom. The molecule has 1 saturated carbocycles. The summed E-state index contributed by atoms with van der Waals surface area (Å²) in [5, 5.41) is 9.19. The minimum Gasteiger partial charge on any atom is -0.481 e. The SMILES string of the molecule is CCCN(CC(C)C)C1CCC(CC(=O)O)CC1c1ccc(C(F)(F)F)cc1. The molecule has 0 aromatic heterocycles. The molecule has 6 heteroatoms. The van der Waals surface area contributed by atoms with Crippen molar-refractivity contribution in [1.29, 1.82) is 0 Å². The highest BCUT2D eigenvalue weighted by Gasteiger charge is 2.36. The molecule has 1 aromatic carbocycles. The number of alkyl halides is 3. The normalized spacial score (nSPS) is 23.4. The molecule has 1 aliphatic carbocycles. The van der Waals surface area contributed by atoms with Gasteiger partial charge in [0, 0.05) is 19.0 Å². The van der Waals surface area contributed by atoms with Crippen molar-refractivity contribution < 1.29 is 23.1 Å². The molecule has 1 aromatic rings. The van der Waals surface area contributed by atoms with E-state index in [0.717, 1.165) is 50.0 Å². The average molecular weight is 399 g/mol. The minimum absolute atomic E-state index is 0.0608. The van der Waals surface area contributed by atoms with Crippen LogP contribution in [0.4, 0.5) is 13.2 Å². The van der Waals surface area contributed by atoms with Gasteiger partial charge < -0.3 is 5.11 Å². The minimum atomic E-state index is -4.35. The largest absolute Gasteiger partial charge is 0.481 e. The van der Waals surface area contributed by atoms with Gasteiger partial charge in [0.2, 0.25) is 0 Å². The van der Waals surface area contributed by atoms with E-state index in [4.69, 9.17) is 0 Å². The number of hydrogen-bond acceptors (Lipinski definition) is 2. The topological polar surface area (TPSA) is 40.5 Å². The zero-order valence-corrected chi connectivity index (χ0v) is 17.0. The van der Waals surface area contributed by atoms with Crippen LogP contribution in [0, 0.1) is 11.8 Å². The fourth-order valence-electron chi connectivity index (χ4n) is 4.54. The molecule has 0 aliphatic heterocycles. The van der Waals surface area contributed by atoms with E-state index in [1.807, 2.05) is 0 Å². The van der Waals surface area contributed by atoms with E-state index in [2.05, 4.69) is 25.7 Å². The van der Waals surface area contributed by atoms with Gasteiger partial charge in [-0.3, -0.25) is 9.69 Å². The van der Waals surface area contributed by atoms with Gasteiger partial charge in [0.1, 0.15) is 0 Å². The summed E-state index contributed by atoms with van der Waals surface area (Å²) in [6, 6.07) is 5.72. The summed E-state index contributed by atoms with van der Waals surface area (Å²) in [6.07, 6.45) is -0.755. The van der Waals surface area contributed by atoms with Gasteiger partial charge in [0.25, 0.3) is 0 Å². The third-order valence-electron chi connectivity index (χ3n) is 5.63. The molecule has 0 saturated heterocycles. The first kappa shape index (κ1) is 22.7. The van der Waals surface area contributed by atoms with Crippen molar-refractivity contribution in [3.63, 3.8) is 0 Å². The Morgan fingerprint density at radius 3 is 2.36 bits per heavy atom. The number of benzene rings is 1. The fraction of sp³-hybridized carbons (Fsp3) is 0.682. The van der Waals surface area contributed by atoms with Crippen molar-refractivity contribution in [3.05, 3.63) is 35.4 Å². The maximum absolute atomic E-state index is 12.9.